The molecule has 1 aliphatic heterocycles. The molecule has 1 fully saturated rings. The number of aliphatic hydroxyl groups is 1. The van der Waals surface area contributed by atoms with Gasteiger partial charge in [0.15, 0.2) is 0 Å². The fourth-order valence-corrected chi connectivity index (χ4v) is 3.61. The number of rotatable bonds is 2. The summed E-state index contributed by atoms with van der Waals surface area (Å²) in [4.78, 5) is -0.0229. The van der Waals surface area contributed by atoms with Crippen molar-refractivity contribution in [1.82, 2.24) is 4.31 Å². The van der Waals surface area contributed by atoms with E-state index in [4.69, 9.17) is 11.6 Å². The quantitative estimate of drug-likeness (QED) is 0.901. The van der Waals surface area contributed by atoms with E-state index in [1.165, 1.54) is 10.4 Å². The number of halogens is 2. The number of piperidine rings is 1. The van der Waals surface area contributed by atoms with Crippen molar-refractivity contribution in [2.75, 3.05) is 13.1 Å². The number of hydrogen-bond acceptors (Lipinski definition) is 3. The molecule has 1 heterocycles. The van der Waals surface area contributed by atoms with Crippen LogP contribution in [0.25, 0.3) is 0 Å². The van der Waals surface area contributed by atoms with E-state index in [-0.39, 0.29) is 23.0 Å². The lowest BCUT2D eigenvalue weighted by molar-refractivity contribution is 0.113. The maximum Gasteiger partial charge on any atom is 0.243 e. The smallest absolute Gasteiger partial charge is 0.243 e. The van der Waals surface area contributed by atoms with Crippen molar-refractivity contribution in [2.24, 2.45) is 0 Å². The van der Waals surface area contributed by atoms with E-state index in [9.17, 15) is 17.9 Å². The summed E-state index contributed by atoms with van der Waals surface area (Å²) >= 11 is 5.58. The van der Waals surface area contributed by atoms with E-state index < -0.39 is 21.9 Å². The summed E-state index contributed by atoms with van der Waals surface area (Å²) in [5.74, 6) is -0.648. The van der Waals surface area contributed by atoms with Crippen LogP contribution in [0.1, 0.15) is 12.8 Å². The first kappa shape index (κ1) is 13.7. The molecule has 18 heavy (non-hydrogen) atoms. The molecule has 100 valence electrons. The Balaban J connectivity index is 2.27. The van der Waals surface area contributed by atoms with Gasteiger partial charge in [0.05, 0.1) is 16.0 Å². The minimum atomic E-state index is -3.65. The van der Waals surface area contributed by atoms with Gasteiger partial charge < -0.3 is 5.11 Å². The van der Waals surface area contributed by atoms with Crippen molar-refractivity contribution < 1.29 is 17.9 Å². The molecule has 7 heteroatoms. The van der Waals surface area contributed by atoms with Crippen LogP contribution >= 0.6 is 11.6 Å². The van der Waals surface area contributed by atoms with E-state index in [0.717, 1.165) is 12.1 Å². The lowest BCUT2D eigenvalue weighted by atomic mass is 10.1. The van der Waals surface area contributed by atoms with Crippen molar-refractivity contribution in [3.8, 4) is 0 Å². The first-order valence-corrected chi connectivity index (χ1v) is 7.36. The Morgan fingerprint density at radius 3 is 2.50 bits per heavy atom. The van der Waals surface area contributed by atoms with Gasteiger partial charge in [0.1, 0.15) is 5.82 Å². The third-order valence-corrected chi connectivity index (χ3v) is 5.14. The Morgan fingerprint density at radius 2 is 1.94 bits per heavy atom. The van der Waals surface area contributed by atoms with Gasteiger partial charge in [-0.2, -0.15) is 4.31 Å². The zero-order valence-electron chi connectivity index (χ0n) is 9.51. The highest BCUT2D eigenvalue weighted by molar-refractivity contribution is 7.89. The van der Waals surface area contributed by atoms with Gasteiger partial charge in [-0.25, -0.2) is 12.8 Å². The monoisotopic (exact) mass is 293 g/mol. The van der Waals surface area contributed by atoms with Crippen LogP contribution in [-0.2, 0) is 10.0 Å². The van der Waals surface area contributed by atoms with Crippen molar-refractivity contribution in [3.05, 3.63) is 29.0 Å². The summed E-state index contributed by atoms with van der Waals surface area (Å²) in [5, 5.41) is 9.14. The van der Waals surface area contributed by atoms with Crippen LogP contribution in [0.2, 0.25) is 5.02 Å². The van der Waals surface area contributed by atoms with Crippen molar-refractivity contribution >= 4 is 21.6 Å². The number of hydrogen-bond donors (Lipinski definition) is 1. The standard InChI is InChI=1S/C11H13ClFNO3S/c12-10-7-9(1-2-11(10)13)18(16,17)14-5-3-8(15)4-6-14/h1-2,7-8,15H,3-6H2. The van der Waals surface area contributed by atoms with Crippen LogP contribution in [0.15, 0.2) is 23.1 Å². The third kappa shape index (κ3) is 2.66. The molecule has 0 aromatic heterocycles. The Hall–Kier alpha value is -0.690. The highest BCUT2D eigenvalue weighted by Gasteiger charge is 2.29. The van der Waals surface area contributed by atoms with Crippen LogP contribution in [0.5, 0.6) is 0 Å². The second-order valence-electron chi connectivity index (χ2n) is 4.21. The number of aliphatic hydroxyl groups excluding tert-OH is 1. The molecule has 0 unspecified atom stereocenters. The number of benzene rings is 1. The molecule has 1 aromatic rings. The molecule has 0 aliphatic carbocycles. The molecule has 2 rings (SSSR count). The predicted octanol–water partition coefficient (Wildman–Crippen LogP) is 1.62. The Labute approximate surface area is 110 Å². The Kier molecular flexibility index (Phi) is 3.91. The summed E-state index contributed by atoms with van der Waals surface area (Å²) in [6.07, 6.45) is 0.371. The van der Waals surface area contributed by atoms with Crippen LogP contribution in [0.3, 0.4) is 0 Å². The molecule has 0 amide bonds. The van der Waals surface area contributed by atoms with Gasteiger partial charge >= 0.3 is 0 Å². The molecule has 0 saturated carbocycles. The molecule has 0 bridgehead atoms. The van der Waals surface area contributed by atoms with E-state index >= 15 is 0 Å². The summed E-state index contributed by atoms with van der Waals surface area (Å²) in [6.45, 7) is 0.525. The average Bonchev–Trinajstić information content (AvgIpc) is 2.33. The Bertz CT molecular complexity index is 541. The lowest BCUT2D eigenvalue weighted by Crippen LogP contribution is -2.39. The maximum atomic E-state index is 13.0. The number of nitrogens with zero attached hydrogens (tertiary/aromatic N) is 1. The minimum absolute atomic E-state index is 0.0229. The molecule has 1 aromatic carbocycles. The van der Waals surface area contributed by atoms with Crippen molar-refractivity contribution in [2.45, 2.75) is 23.8 Å². The largest absolute Gasteiger partial charge is 0.393 e. The molecular formula is C11H13ClFNO3S. The van der Waals surface area contributed by atoms with E-state index in [0.29, 0.717) is 12.8 Å². The predicted molar refractivity (Wildman–Crippen MR) is 65.4 cm³/mol. The van der Waals surface area contributed by atoms with E-state index in [2.05, 4.69) is 0 Å². The molecule has 1 saturated heterocycles. The number of sulfonamides is 1. The lowest BCUT2D eigenvalue weighted by Gasteiger charge is -2.28. The van der Waals surface area contributed by atoms with Crippen molar-refractivity contribution in [3.63, 3.8) is 0 Å². The maximum absolute atomic E-state index is 13.0. The summed E-state index contributed by atoms with van der Waals surface area (Å²) in [6, 6.07) is 3.34. The highest BCUT2D eigenvalue weighted by Crippen LogP contribution is 2.24. The summed E-state index contributed by atoms with van der Waals surface area (Å²) in [7, 11) is -3.65. The second-order valence-corrected chi connectivity index (χ2v) is 6.56. The van der Waals surface area contributed by atoms with E-state index in [1.54, 1.807) is 0 Å². The van der Waals surface area contributed by atoms with Gasteiger partial charge in [-0.15, -0.1) is 0 Å². The summed E-state index contributed by atoms with van der Waals surface area (Å²) < 4.78 is 38.7. The second kappa shape index (κ2) is 5.13. The van der Waals surface area contributed by atoms with Crippen molar-refractivity contribution in [1.29, 1.82) is 0 Å². The van der Waals surface area contributed by atoms with Gasteiger partial charge in [-0.05, 0) is 31.0 Å². The zero-order valence-corrected chi connectivity index (χ0v) is 11.1. The molecule has 0 atom stereocenters. The van der Waals surface area contributed by atoms with Gasteiger partial charge in [0.2, 0.25) is 10.0 Å². The van der Waals surface area contributed by atoms with Crippen LogP contribution in [-0.4, -0.2) is 37.0 Å². The van der Waals surface area contributed by atoms with E-state index in [1.807, 2.05) is 0 Å². The zero-order chi connectivity index (χ0) is 13.3. The van der Waals surface area contributed by atoms with Crippen LogP contribution < -0.4 is 0 Å². The Morgan fingerprint density at radius 1 is 1.33 bits per heavy atom. The molecular weight excluding hydrogens is 281 g/mol. The summed E-state index contributed by atoms with van der Waals surface area (Å²) in [5.41, 5.74) is 0. The molecule has 0 spiro atoms. The molecule has 4 nitrogen and oxygen atoms in total. The minimum Gasteiger partial charge on any atom is -0.393 e. The molecule has 1 N–H and O–H groups in total. The normalized spacial score (nSPS) is 19.1. The molecule has 0 radical (unpaired) electrons. The average molecular weight is 294 g/mol. The van der Waals surface area contributed by atoms with Gasteiger partial charge in [-0.1, -0.05) is 11.6 Å². The van der Waals surface area contributed by atoms with Crippen LogP contribution in [0, 0.1) is 5.82 Å². The molecule has 1 aliphatic rings. The fourth-order valence-electron chi connectivity index (χ4n) is 1.87. The fraction of sp³-hybridized carbons (Fsp3) is 0.455. The van der Waals surface area contributed by atoms with Crippen LogP contribution in [0.4, 0.5) is 4.39 Å². The first-order chi connectivity index (χ1) is 8.41. The third-order valence-electron chi connectivity index (χ3n) is 2.95. The van der Waals surface area contributed by atoms with Gasteiger partial charge in [-0.3, -0.25) is 0 Å². The first-order valence-electron chi connectivity index (χ1n) is 5.54. The highest BCUT2D eigenvalue weighted by atomic mass is 35.5. The van der Waals surface area contributed by atoms with Gasteiger partial charge in [0.25, 0.3) is 0 Å². The SMILES string of the molecule is O=S(=O)(c1ccc(F)c(Cl)c1)N1CCC(O)CC1. The van der Waals surface area contributed by atoms with Gasteiger partial charge in [0, 0.05) is 13.1 Å². The topological polar surface area (TPSA) is 57.6 Å².